The van der Waals surface area contributed by atoms with Crippen LogP contribution in [0.4, 0.5) is 11.4 Å². The largest absolute Gasteiger partial charge is 0.383 e. The summed E-state index contributed by atoms with van der Waals surface area (Å²) in [5, 5.41) is 2.71. The number of imide groups is 1. The smallest absolute Gasteiger partial charge is 0.278 e. The lowest BCUT2D eigenvalue weighted by molar-refractivity contribution is -0.137. The summed E-state index contributed by atoms with van der Waals surface area (Å²) in [5.41, 5.74) is 4.15. The molecule has 0 aliphatic carbocycles. The van der Waals surface area contributed by atoms with E-state index >= 15 is 0 Å². The second-order valence-corrected chi connectivity index (χ2v) is 7.27. The van der Waals surface area contributed by atoms with Gasteiger partial charge in [0.05, 0.1) is 18.7 Å². The molecule has 2 heterocycles. The molecule has 1 N–H and O–H groups in total. The highest BCUT2D eigenvalue weighted by atomic mass is 16.5. The third-order valence-corrected chi connectivity index (χ3v) is 5.31. The van der Waals surface area contributed by atoms with Crippen molar-refractivity contribution in [3.63, 3.8) is 0 Å². The number of anilines is 2. The number of nitrogens with zero attached hydrogens (tertiary/aromatic N) is 2. The number of carbonyl (C=O) groups excluding carboxylic acids is 3. The van der Waals surface area contributed by atoms with Crippen LogP contribution in [-0.4, -0.2) is 49.4 Å². The molecular weight excluding hydrogens is 382 g/mol. The number of para-hydroxylation sites is 1. The fraction of sp³-hybridized carbons (Fsp3) is 0.261. The molecule has 154 valence electrons. The quantitative estimate of drug-likeness (QED) is 0.747. The molecule has 0 unspecified atom stereocenters. The van der Waals surface area contributed by atoms with E-state index in [1.165, 1.54) is 18.9 Å². The van der Waals surface area contributed by atoms with Crippen LogP contribution >= 0.6 is 0 Å². The van der Waals surface area contributed by atoms with Crippen molar-refractivity contribution in [1.82, 2.24) is 4.90 Å². The molecule has 0 bridgehead atoms. The van der Waals surface area contributed by atoms with Crippen molar-refractivity contribution in [2.45, 2.75) is 13.3 Å². The van der Waals surface area contributed by atoms with E-state index in [0.29, 0.717) is 29.1 Å². The van der Waals surface area contributed by atoms with Gasteiger partial charge < -0.3 is 15.0 Å². The molecule has 2 aliphatic heterocycles. The molecule has 30 heavy (non-hydrogen) atoms. The number of nitrogens with one attached hydrogen (secondary N) is 1. The van der Waals surface area contributed by atoms with Crippen LogP contribution in [0.25, 0.3) is 5.57 Å². The zero-order valence-corrected chi connectivity index (χ0v) is 17.0. The standard InChI is InChI=1S/C23H23N3O4/c1-15(27)24-18-9-7-17(8-10-18)20-21(23(29)26(22(20)28)13-14-30-2)25-12-11-16-5-3-4-6-19(16)25/h3-10H,11-14H2,1-2H3,(H,24,27). The number of ether oxygens (including phenoxy) is 1. The molecule has 2 aliphatic rings. The molecule has 0 radical (unpaired) electrons. The molecule has 0 spiro atoms. The highest BCUT2D eigenvalue weighted by Crippen LogP contribution is 2.38. The predicted octanol–water partition coefficient (Wildman–Crippen LogP) is 2.43. The fourth-order valence-corrected chi connectivity index (χ4v) is 3.95. The molecule has 3 amide bonds. The van der Waals surface area contributed by atoms with E-state index in [4.69, 9.17) is 4.74 Å². The monoisotopic (exact) mass is 405 g/mol. The van der Waals surface area contributed by atoms with Gasteiger partial charge in [0.25, 0.3) is 11.8 Å². The maximum atomic E-state index is 13.3. The van der Waals surface area contributed by atoms with Crippen molar-refractivity contribution in [1.29, 1.82) is 0 Å². The molecule has 0 saturated carbocycles. The predicted molar refractivity (Wildman–Crippen MR) is 114 cm³/mol. The van der Waals surface area contributed by atoms with Gasteiger partial charge in [-0.15, -0.1) is 0 Å². The lowest BCUT2D eigenvalue weighted by atomic mass is 10.0. The minimum atomic E-state index is -0.330. The third-order valence-electron chi connectivity index (χ3n) is 5.31. The molecule has 2 aromatic rings. The Morgan fingerprint density at radius 2 is 1.80 bits per heavy atom. The van der Waals surface area contributed by atoms with E-state index in [1.807, 2.05) is 29.2 Å². The number of benzene rings is 2. The van der Waals surface area contributed by atoms with Gasteiger partial charge in [0.2, 0.25) is 5.91 Å². The van der Waals surface area contributed by atoms with Gasteiger partial charge in [0.15, 0.2) is 0 Å². The summed E-state index contributed by atoms with van der Waals surface area (Å²) in [6.07, 6.45) is 0.813. The Bertz CT molecular complexity index is 1040. The van der Waals surface area contributed by atoms with Gasteiger partial charge in [-0.05, 0) is 35.7 Å². The second-order valence-electron chi connectivity index (χ2n) is 7.27. The van der Waals surface area contributed by atoms with Crippen LogP contribution in [0.1, 0.15) is 18.1 Å². The topological polar surface area (TPSA) is 79.0 Å². The summed E-state index contributed by atoms with van der Waals surface area (Å²) in [5.74, 6) is -0.812. The van der Waals surface area contributed by atoms with Crippen molar-refractivity contribution < 1.29 is 19.1 Å². The SMILES string of the molecule is COCCN1C(=O)C(c2ccc(NC(C)=O)cc2)=C(N2CCc3ccccc32)C1=O. The molecule has 7 nitrogen and oxygen atoms in total. The van der Waals surface area contributed by atoms with Crippen molar-refractivity contribution in [3.05, 3.63) is 65.4 Å². The molecular formula is C23H23N3O4. The molecule has 7 heteroatoms. The lowest BCUT2D eigenvalue weighted by Crippen LogP contribution is -2.37. The first-order chi connectivity index (χ1) is 14.5. The molecule has 0 aromatic heterocycles. The first-order valence-corrected chi connectivity index (χ1v) is 9.84. The summed E-state index contributed by atoms with van der Waals surface area (Å²) in [6.45, 7) is 2.54. The van der Waals surface area contributed by atoms with Gasteiger partial charge in [0, 0.05) is 32.0 Å². The summed E-state index contributed by atoms with van der Waals surface area (Å²) < 4.78 is 5.09. The van der Waals surface area contributed by atoms with Crippen molar-refractivity contribution in [2.24, 2.45) is 0 Å². The number of carbonyl (C=O) groups is 3. The van der Waals surface area contributed by atoms with Crippen LogP contribution in [0.15, 0.2) is 54.2 Å². The lowest BCUT2D eigenvalue weighted by Gasteiger charge is -2.21. The van der Waals surface area contributed by atoms with Gasteiger partial charge in [0.1, 0.15) is 5.70 Å². The van der Waals surface area contributed by atoms with Gasteiger partial charge >= 0.3 is 0 Å². The fourth-order valence-electron chi connectivity index (χ4n) is 3.95. The first-order valence-electron chi connectivity index (χ1n) is 9.84. The van der Waals surface area contributed by atoms with E-state index in [-0.39, 0.29) is 30.9 Å². The average Bonchev–Trinajstić information content (AvgIpc) is 3.25. The van der Waals surface area contributed by atoms with Crippen LogP contribution in [0.3, 0.4) is 0 Å². The number of methoxy groups -OCH3 is 1. The van der Waals surface area contributed by atoms with E-state index in [1.54, 1.807) is 24.3 Å². The number of amides is 3. The Hall–Kier alpha value is -3.45. The van der Waals surface area contributed by atoms with Crippen molar-refractivity contribution in [3.8, 4) is 0 Å². The molecule has 0 saturated heterocycles. The van der Waals surface area contributed by atoms with Gasteiger partial charge in [-0.2, -0.15) is 0 Å². The number of rotatable bonds is 6. The van der Waals surface area contributed by atoms with Crippen LogP contribution in [0, 0.1) is 0 Å². The second kappa shape index (κ2) is 8.12. The molecule has 2 aromatic carbocycles. The Labute approximate surface area is 174 Å². The number of fused-ring (bicyclic) bond motifs is 1. The maximum Gasteiger partial charge on any atom is 0.278 e. The highest BCUT2D eigenvalue weighted by Gasteiger charge is 2.42. The van der Waals surface area contributed by atoms with Crippen LogP contribution in [0.5, 0.6) is 0 Å². The van der Waals surface area contributed by atoms with E-state index in [0.717, 1.165) is 17.7 Å². The molecule has 0 fully saturated rings. The summed E-state index contributed by atoms with van der Waals surface area (Å²) in [4.78, 5) is 41.0. The summed E-state index contributed by atoms with van der Waals surface area (Å²) >= 11 is 0. The Morgan fingerprint density at radius 3 is 2.50 bits per heavy atom. The van der Waals surface area contributed by atoms with E-state index < -0.39 is 0 Å². The first kappa shape index (κ1) is 19.8. The zero-order valence-electron chi connectivity index (χ0n) is 17.0. The van der Waals surface area contributed by atoms with Crippen molar-refractivity contribution >= 4 is 34.7 Å². The Balaban J connectivity index is 1.78. The zero-order chi connectivity index (χ0) is 21.3. The minimum absolute atomic E-state index is 0.172. The average molecular weight is 405 g/mol. The van der Waals surface area contributed by atoms with Crippen LogP contribution in [0.2, 0.25) is 0 Å². The molecule has 4 rings (SSSR count). The highest BCUT2D eigenvalue weighted by molar-refractivity contribution is 6.36. The minimum Gasteiger partial charge on any atom is -0.383 e. The number of hydrogen-bond acceptors (Lipinski definition) is 5. The normalized spacial score (nSPS) is 15.8. The van der Waals surface area contributed by atoms with Crippen LogP contribution in [-0.2, 0) is 25.5 Å². The maximum absolute atomic E-state index is 13.3. The van der Waals surface area contributed by atoms with Gasteiger partial charge in [-0.1, -0.05) is 30.3 Å². The van der Waals surface area contributed by atoms with Crippen molar-refractivity contribution in [2.75, 3.05) is 37.0 Å². The number of hydrogen-bond donors (Lipinski definition) is 1. The van der Waals surface area contributed by atoms with E-state index in [9.17, 15) is 14.4 Å². The summed E-state index contributed by atoms with van der Waals surface area (Å²) in [6, 6.07) is 14.9. The van der Waals surface area contributed by atoms with Gasteiger partial charge in [-0.3, -0.25) is 19.3 Å². The Morgan fingerprint density at radius 1 is 1.07 bits per heavy atom. The van der Waals surface area contributed by atoms with E-state index in [2.05, 4.69) is 5.32 Å². The molecule has 0 atom stereocenters. The Kier molecular flexibility index (Phi) is 5.37. The van der Waals surface area contributed by atoms with Gasteiger partial charge in [-0.25, -0.2) is 0 Å². The summed E-state index contributed by atoms with van der Waals surface area (Å²) in [7, 11) is 1.54. The van der Waals surface area contributed by atoms with Crippen LogP contribution < -0.4 is 10.2 Å². The third kappa shape index (κ3) is 3.48.